The summed E-state index contributed by atoms with van der Waals surface area (Å²) in [6.45, 7) is 0. The van der Waals surface area contributed by atoms with E-state index >= 15 is 0 Å². The number of nitriles is 1. The van der Waals surface area contributed by atoms with Gasteiger partial charge in [-0.3, -0.25) is 4.79 Å². The molecular weight excluding hydrogens is 280 g/mol. The third-order valence-corrected chi connectivity index (χ3v) is 3.53. The number of nitrogens with one attached hydrogen (secondary N) is 1. The third kappa shape index (κ3) is 2.54. The van der Waals surface area contributed by atoms with Gasteiger partial charge >= 0.3 is 6.09 Å². The molecule has 1 amide bonds. The summed E-state index contributed by atoms with van der Waals surface area (Å²) in [6.07, 6.45) is -1.54. The highest BCUT2D eigenvalue weighted by Gasteiger charge is 2.40. The van der Waals surface area contributed by atoms with Crippen LogP contribution in [-0.4, -0.2) is 18.0 Å². The molecule has 0 bridgehead atoms. The zero-order valence-corrected chi connectivity index (χ0v) is 11.5. The number of ketones is 1. The Hall–Kier alpha value is -3.13. The zero-order valence-electron chi connectivity index (χ0n) is 11.5. The summed E-state index contributed by atoms with van der Waals surface area (Å²) < 4.78 is 5.14. The van der Waals surface area contributed by atoms with Crippen molar-refractivity contribution in [3.63, 3.8) is 0 Å². The van der Waals surface area contributed by atoms with Crippen LogP contribution in [0, 0.1) is 11.3 Å². The van der Waals surface area contributed by atoms with E-state index in [1.54, 1.807) is 48.5 Å². The van der Waals surface area contributed by atoms with Gasteiger partial charge in [0, 0.05) is 5.56 Å². The Balaban J connectivity index is 1.90. The summed E-state index contributed by atoms with van der Waals surface area (Å²) in [5.74, 6) is -0.256. The molecule has 0 saturated carbocycles. The van der Waals surface area contributed by atoms with Crippen molar-refractivity contribution in [2.75, 3.05) is 0 Å². The molecule has 2 atom stereocenters. The molecule has 1 fully saturated rings. The number of amides is 1. The largest absolute Gasteiger partial charge is 0.435 e. The summed E-state index contributed by atoms with van der Waals surface area (Å²) in [6, 6.07) is 16.9. The molecular formula is C17H12N2O3. The van der Waals surface area contributed by atoms with Crippen molar-refractivity contribution < 1.29 is 14.3 Å². The molecule has 5 heteroatoms. The van der Waals surface area contributed by atoms with Crippen molar-refractivity contribution in [2.45, 2.75) is 12.1 Å². The Morgan fingerprint density at radius 3 is 2.41 bits per heavy atom. The van der Waals surface area contributed by atoms with Gasteiger partial charge in [0.25, 0.3) is 0 Å². The van der Waals surface area contributed by atoms with Gasteiger partial charge in [0.2, 0.25) is 5.78 Å². The Morgan fingerprint density at radius 2 is 1.77 bits per heavy atom. The standard InChI is InChI=1S/C17H12N2O3/c18-10-11-6-8-12(9-7-11)14-16(22-17(21)19-14)15(20)13-4-2-1-3-5-13/h1-9,14,16H,(H,19,21)/t14-,16+/m0/s1. The molecule has 1 aliphatic rings. The average molecular weight is 292 g/mol. The maximum Gasteiger partial charge on any atom is 0.408 e. The molecule has 1 saturated heterocycles. The van der Waals surface area contributed by atoms with Gasteiger partial charge in [0.15, 0.2) is 6.10 Å². The monoisotopic (exact) mass is 292 g/mol. The molecule has 0 aliphatic carbocycles. The maximum absolute atomic E-state index is 12.5. The van der Waals surface area contributed by atoms with E-state index in [0.717, 1.165) is 5.56 Å². The summed E-state index contributed by atoms with van der Waals surface area (Å²) in [5.41, 5.74) is 1.72. The lowest BCUT2D eigenvalue weighted by molar-refractivity contribution is 0.0721. The van der Waals surface area contributed by atoms with Gasteiger partial charge in [0.1, 0.15) is 6.04 Å². The van der Waals surface area contributed by atoms with Crippen LogP contribution in [0.1, 0.15) is 27.5 Å². The molecule has 0 unspecified atom stereocenters. The second-order valence-electron chi connectivity index (χ2n) is 4.91. The van der Waals surface area contributed by atoms with Crippen LogP contribution in [0.3, 0.4) is 0 Å². The first kappa shape index (κ1) is 13.8. The van der Waals surface area contributed by atoms with E-state index in [0.29, 0.717) is 11.1 Å². The second kappa shape index (κ2) is 5.70. The number of nitrogens with zero attached hydrogens (tertiary/aromatic N) is 1. The van der Waals surface area contributed by atoms with Crippen molar-refractivity contribution in [2.24, 2.45) is 0 Å². The van der Waals surface area contributed by atoms with Crippen LogP contribution >= 0.6 is 0 Å². The first-order chi connectivity index (χ1) is 10.7. The van der Waals surface area contributed by atoms with Crippen molar-refractivity contribution in [3.8, 4) is 6.07 Å². The fourth-order valence-electron chi connectivity index (χ4n) is 2.41. The van der Waals surface area contributed by atoms with Crippen LogP contribution in [0.25, 0.3) is 0 Å². The molecule has 1 N–H and O–H groups in total. The molecule has 3 rings (SSSR count). The van der Waals surface area contributed by atoms with E-state index in [9.17, 15) is 9.59 Å². The van der Waals surface area contributed by atoms with Gasteiger partial charge in [-0.05, 0) is 17.7 Å². The van der Waals surface area contributed by atoms with Crippen molar-refractivity contribution >= 4 is 11.9 Å². The third-order valence-electron chi connectivity index (χ3n) is 3.53. The van der Waals surface area contributed by atoms with Gasteiger partial charge in [-0.1, -0.05) is 42.5 Å². The highest BCUT2D eigenvalue weighted by atomic mass is 16.6. The van der Waals surface area contributed by atoms with Crippen molar-refractivity contribution in [1.82, 2.24) is 5.32 Å². The quantitative estimate of drug-likeness (QED) is 0.882. The van der Waals surface area contributed by atoms with E-state index in [1.807, 2.05) is 12.1 Å². The van der Waals surface area contributed by atoms with E-state index in [2.05, 4.69) is 5.32 Å². The Kier molecular flexibility index (Phi) is 3.58. The maximum atomic E-state index is 12.5. The van der Waals surface area contributed by atoms with Gasteiger partial charge in [0.05, 0.1) is 11.6 Å². The predicted molar refractivity (Wildman–Crippen MR) is 78.1 cm³/mol. The van der Waals surface area contributed by atoms with E-state index in [-0.39, 0.29) is 5.78 Å². The SMILES string of the molecule is N#Cc1ccc([C@@H]2NC(=O)O[C@H]2C(=O)c2ccccc2)cc1. The van der Waals surface area contributed by atoms with Crippen molar-refractivity contribution in [1.29, 1.82) is 5.26 Å². The van der Waals surface area contributed by atoms with E-state index in [4.69, 9.17) is 10.00 Å². The van der Waals surface area contributed by atoms with Gasteiger partial charge < -0.3 is 10.1 Å². The number of carbonyl (C=O) groups is 2. The number of cyclic esters (lactones) is 1. The normalized spacial score (nSPS) is 19.9. The molecule has 0 radical (unpaired) electrons. The fourth-order valence-corrected chi connectivity index (χ4v) is 2.41. The minimum Gasteiger partial charge on any atom is -0.435 e. The lowest BCUT2D eigenvalue weighted by Gasteiger charge is -2.16. The molecule has 5 nitrogen and oxygen atoms in total. The molecule has 108 valence electrons. The van der Waals surface area contributed by atoms with Crippen LogP contribution < -0.4 is 5.32 Å². The highest BCUT2D eigenvalue weighted by Crippen LogP contribution is 2.27. The summed E-state index contributed by atoms with van der Waals surface area (Å²) in [5, 5.41) is 11.5. The van der Waals surface area contributed by atoms with Crippen LogP contribution in [0.5, 0.6) is 0 Å². The zero-order chi connectivity index (χ0) is 15.5. The predicted octanol–water partition coefficient (Wildman–Crippen LogP) is 2.59. The van der Waals surface area contributed by atoms with Crippen LogP contribution in [0.4, 0.5) is 4.79 Å². The number of benzene rings is 2. The van der Waals surface area contributed by atoms with Gasteiger partial charge in [-0.2, -0.15) is 5.26 Å². The Bertz CT molecular complexity index is 748. The number of alkyl carbamates (subject to hydrolysis) is 1. The van der Waals surface area contributed by atoms with Gasteiger partial charge in [-0.15, -0.1) is 0 Å². The van der Waals surface area contributed by atoms with Crippen LogP contribution in [0.2, 0.25) is 0 Å². The first-order valence-electron chi connectivity index (χ1n) is 6.75. The highest BCUT2D eigenvalue weighted by molar-refractivity contribution is 6.02. The topological polar surface area (TPSA) is 79.2 Å². The lowest BCUT2D eigenvalue weighted by Crippen LogP contribution is -2.29. The number of carbonyl (C=O) groups excluding carboxylic acids is 2. The fraction of sp³-hybridized carbons (Fsp3) is 0.118. The van der Waals surface area contributed by atoms with Gasteiger partial charge in [-0.25, -0.2) is 4.79 Å². The van der Waals surface area contributed by atoms with Crippen LogP contribution in [-0.2, 0) is 4.74 Å². The molecule has 22 heavy (non-hydrogen) atoms. The smallest absolute Gasteiger partial charge is 0.408 e. The Labute approximate surface area is 127 Å². The summed E-state index contributed by atoms with van der Waals surface area (Å²) in [4.78, 5) is 24.1. The number of hydrogen-bond donors (Lipinski definition) is 1. The molecule has 2 aromatic rings. The first-order valence-corrected chi connectivity index (χ1v) is 6.75. The van der Waals surface area contributed by atoms with E-state index in [1.165, 1.54) is 0 Å². The molecule has 0 aromatic heterocycles. The van der Waals surface area contributed by atoms with E-state index < -0.39 is 18.2 Å². The average Bonchev–Trinajstić information content (AvgIpc) is 2.97. The molecule has 0 spiro atoms. The number of ether oxygens (including phenoxy) is 1. The summed E-state index contributed by atoms with van der Waals surface area (Å²) in [7, 11) is 0. The van der Waals surface area contributed by atoms with Crippen LogP contribution in [0.15, 0.2) is 54.6 Å². The molecule has 1 heterocycles. The molecule has 2 aromatic carbocycles. The number of Topliss-reactive ketones (excluding diaryl/α,β-unsaturated/α-hetero) is 1. The minimum absolute atomic E-state index is 0.256. The van der Waals surface area contributed by atoms with Crippen molar-refractivity contribution in [3.05, 3.63) is 71.3 Å². The molecule has 1 aliphatic heterocycles. The lowest BCUT2D eigenvalue weighted by atomic mass is 9.95. The number of rotatable bonds is 3. The Morgan fingerprint density at radius 1 is 1.09 bits per heavy atom. The minimum atomic E-state index is -0.914. The number of hydrogen-bond acceptors (Lipinski definition) is 4. The second-order valence-corrected chi connectivity index (χ2v) is 4.91. The summed E-state index contributed by atoms with van der Waals surface area (Å²) >= 11 is 0.